The summed E-state index contributed by atoms with van der Waals surface area (Å²) in [5, 5.41) is 13.0. The molecule has 12 heteroatoms. The maximum atomic E-state index is 15.4. The molecule has 0 aliphatic carbocycles. The fourth-order valence-electron chi connectivity index (χ4n) is 3.62. The van der Waals surface area contributed by atoms with Crippen molar-refractivity contribution in [1.82, 2.24) is 4.98 Å². The van der Waals surface area contributed by atoms with E-state index >= 15 is 4.39 Å². The number of benzene rings is 2. The van der Waals surface area contributed by atoms with Gasteiger partial charge in [-0.25, -0.2) is 22.9 Å². The van der Waals surface area contributed by atoms with Crippen molar-refractivity contribution in [2.45, 2.75) is 32.5 Å². The molecular weight excluding hydrogens is 537 g/mol. The Kier molecular flexibility index (Phi) is 10.2. The zero-order chi connectivity index (χ0) is 28.7. The molecule has 1 atom stereocenters. The number of hydrogen-bond acceptors (Lipinski definition) is 7. The number of carboxylic acid groups (broad SMARTS) is 1. The molecule has 208 valence electrons. The summed E-state index contributed by atoms with van der Waals surface area (Å²) in [6.07, 6.45) is 0.610. The minimum Gasteiger partial charge on any atom is -0.490 e. The number of aliphatic carboxylic acids is 1. The number of anilines is 1. The van der Waals surface area contributed by atoms with Crippen LogP contribution < -0.4 is 5.32 Å². The third-order valence-electron chi connectivity index (χ3n) is 5.54. The van der Waals surface area contributed by atoms with Crippen LogP contribution in [-0.2, 0) is 19.0 Å². The van der Waals surface area contributed by atoms with Crippen LogP contribution in [0, 0.1) is 17.5 Å². The van der Waals surface area contributed by atoms with E-state index in [1.807, 2.05) is 13.8 Å². The smallest absolute Gasteiger partial charge is 0.371 e. The Labute approximate surface area is 227 Å². The van der Waals surface area contributed by atoms with Gasteiger partial charge < -0.3 is 19.3 Å². The molecule has 1 aromatic heterocycles. The van der Waals surface area contributed by atoms with E-state index < -0.39 is 46.8 Å². The van der Waals surface area contributed by atoms with Crippen LogP contribution >= 0.6 is 11.3 Å². The Hall–Kier alpha value is -3.74. The van der Waals surface area contributed by atoms with Gasteiger partial charge in [0.1, 0.15) is 17.5 Å². The Morgan fingerprint density at radius 3 is 2.44 bits per heavy atom. The van der Waals surface area contributed by atoms with Crippen LogP contribution in [0.3, 0.4) is 0 Å². The van der Waals surface area contributed by atoms with Gasteiger partial charge in [0.15, 0.2) is 5.13 Å². The molecule has 1 amide bonds. The molecule has 8 nitrogen and oxygen atoms in total. The summed E-state index contributed by atoms with van der Waals surface area (Å²) >= 11 is 1.000. The maximum Gasteiger partial charge on any atom is 0.371 e. The first-order valence-corrected chi connectivity index (χ1v) is 12.6. The molecule has 0 saturated carbocycles. The minimum absolute atomic E-state index is 0.0329. The number of nitrogens with one attached hydrogen (secondary N) is 1. The quantitative estimate of drug-likeness (QED) is 0.204. The number of amides is 1. The van der Waals surface area contributed by atoms with Crippen molar-refractivity contribution in [2.24, 2.45) is 0 Å². The van der Waals surface area contributed by atoms with Gasteiger partial charge in [-0.3, -0.25) is 10.1 Å². The highest BCUT2D eigenvalue weighted by Gasteiger charge is 2.21. The average molecular weight is 565 g/mol. The number of hydrogen-bond donors (Lipinski definition) is 2. The van der Waals surface area contributed by atoms with Crippen molar-refractivity contribution in [3.8, 4) is 11.3 Å². The van der Waals surface area contributed by atoms with Crippen molar-refractivity contribution in [3.63, 3.8) is 0 Å². The largest absolute Gasteiger partial charge is 0.490 e. The van der Waals surface area contributed by atoms with E-state index in [0.29, 0.717) is 24.7 Å². The number of ether oxygens (including phenoxy) is 3. The van der Waals surface area contributed by atoms with E-state index in [2.05, 4.69) is 15.0 Å². The third kappa shape index (κ3) is 7.43. The molecular formula is C27H27F3N2O6S. The van der Waals surface area contributed by atoms with Crippen LogP contribution in [0.5, 0.6) is 0 Å². The minimum atomic E-state index is -1.52. The number of aromatic nitrogens is 1. The first kappa shape index (κ1) is 29.8. The van der Waals surface area contributed by atoms with E-state index in [1.54, 1.807) is 18.2 Å². The summed E-state index contributed by atoms with van der Waals surface area (Å²) < 4.78 is 60.0. The van der Waals surface area contributed by atoms with Gasteiger partial charge >= 0.3 is 5.97 Å². The van der Waals surface area contributed by atoms with Crippen LogP contribution in [0.1, 0.15) is 47.9 Å². The normalized spacial score (nSPS) is 12.5. The zero-order valence-electron chi connectivity index (χ0n) is 21.6. The maximum absolute atomic E-state index is 15.4. The number of methoxy groups -OCH3 is 2. The standard InChI is InChI=1S/C27H27F3N2O6S/c1-14(2)38-9-8-22(36-3)17-7-5-6-16(24(17)30)21-13-39-27(31-21)32-25(33)15-10-19(28)18(20(29)11-15)12-23(37-4)26(34)35/h5-7,10-14,22H,8-9H2,1-4H3,(H,34,35)(H,31,32,33)/b23-12+. The van der Waals surface area contributed by atoms with Gasteiger partial charge in [-0.1, -0.05) is 12.1 Å². The molecule has 39 heavy (non-hydrogen) atoms. The summed E-state index contributed by atoms with van der Waals surface area (Å²) in [5.74, 6) is -5.92. The number of carboxylic acids is 1. The number of halogens is 3. The lowest BCUT2D eigenvalue weighted by molar-refractivity contribution is -0.135. The average Bonchev–Trinajstić information content (AvgIpc) is 3.34. The molecule has 1 unspecified atom stereocenters. The molecule has 1 heterocycles. The molecule has 2 aromatic carbocycles. The lowest BCUT2D eigenvalue weighted by Crippen LogP contribution is -2.13. The van der Waals surface area contributed by atoms with Gasteiger partial charge in [0.2, 0.25) is 5.76 Å². The number of carbonyl (C=O) groups excluding carboxylic acids is 1. The van der Waals surface area contributed by atoms with E-state index in [0.717, 1.165) is 30.6 Å². The zero-order valence-corrected chi connectivity index (χ0v) is 22.4. The SMILES string of the molecule is CO/C(=C/c1c(F)cc(C(=O)Nc2nc(-c3cccc(C(CCOC(C)C)OC)c3F)cs2)cc1F)C(=O)O. The monoisotopic (exact) mass is 564 g/mol. The van der Waals surface area contributed by atoms with Gasteiger partial charge in [0.25, 0.3) is 5.91 Å². The second kappa shape index (κ2) is 13.4. The molecule has 3 rings (SSSR count). The molecule has 0 aliphatic rings. The molecule has 3 aromatic rings. The molecule has 0 aliphatic heterocycles. The molecule has 0 spiro atoms. The van der Waals surface area contributed by atoms with Gasteiger partial charge in [0.05, 0.1) is 25.0 Å². The first-order valence-electron chi connectivity index (χ1n) is 11.7. The highest BCUT2D eigenvalue weighted by atomic mass is 32.1. The number of carbonyl (C=O) groups is 2. The highest BCUT2D eigenvalue weighted by molar-refractivity contribution is 7.14. The fourth-order valence-corrected chi connectivity index (χ4v) is 4.33. The number of nitrogens with zero attached hydrogens (tertiary/aromatic N) is 1. The highest BCUT2D eigenvalue weighted by Crippen LogP contribution is 2.33. The summed E-state index contributed by atoms with van der Waals surface area (Å²) in [7, 11) is 2.53. The predicted octanol–water partition coefficient (Wildman–Crippen LogP) is 6.05. The molecule has 0 saturated heterocycles. The van der Waals surface area contributed by atoms with Crippen molar-refractivity contribution in [3.05, 3.63) is 75.6 Å². The lowest BCUT2D eigenvalue weighted by atomic mass is 10.0. The Balaban J connectivity index is 1.80. The van der Waals surface area contributed by atoms with Crippen LogP contribution in [0.4, 0.5) is 18.3 Å². The Bertz CT molecular complexity index is 1350. The van der Waals surface area contributed by atoms with Crippen molar-refractivity contribution in [1.29, 1.82) is 0 Å². The van der Waals surface area contributed by atoms with E-state index in [1.165, 1.54) is 12.5 Å². The van der Waals surface area contributed by atoms with Gasteiger partial charge in [-0.2, -0.15) is 0 Å². The van der Waals surface area contributed by atoms with Crippen LogP contribution in [0.15, 0.2) is 41.5 Å². The van der Waals surface area contributed by atoms with Crippen molar-refractivity contribution >= 4 is 34.4 Å². The molecule has 2 N–H and O–H groups in total. The van der Waals surface area contributed by atoms with Gasteiger partial charge in [-0.05, 0) is 32.0 Å². The lowest BCUT2D eigenvalue weighted by Gasteiger charge is -2.18. The number of thiazole rings is 1. The fraction of sp³-hybridized carbons (Fsp3) is 0.296. The van der Waals surface area contributed by atoms with E-state index in [4.69, 9.17) is 14.6 Å². The van der Waals surface area contributed by atoms with E-state index in [9.17, 15) is 18.4 Å². The van der Waals surface area contributed by atoms with Crippen molar-refractivity contribution in [2.75, 3.05) is 26.1 Å². The molecule has 0 bridgehead atoms. The van der Waals surface area contributed by atoms with Gasteiger partial charge in [-0.15, -0.1) is 11.3 Å². The van der Waals surface area contributed by atoms with Crippen LogP contribution in [-0.4, -0.2) is 48.9 Å². The van der Waals surface area contributed by atoms with Crippen molar-refractivity contribution < 1.29 is 42.1 Å². The second-order valence-corrected chi connectivity index (χ2v) is 9.36. The summed E-state index contributed by atoms with van der Waals surface area (Å²) in [6, 6.07) is 6.34. The second-order valence-electron chi connectivity index (χ2n) is 8.50. The van der Waals surface area contributed by atoms with E-state index in [-0.39, 0.29) is 28.1 Å². The third-order valence-corrected chi connectivity index (χ3v) is 6.30. The Morgan fingerprint density at radius 2 is 1.85 bits per heavy atom. The summed E-state index contributed by atoms with van der Waals surface area (Å²) in [6.45, 7) is 4.19. The van der Waals surface area contributed by atoms with Gasteiger partial charge in [0, 0.05) is 53.8 Å². The topological polar surface area (TPSA) is 107 Å². The molecule has 0 radical (unpaired) electrons. The molecule has 0 fully saturated rings. The first-order chi connectivity index (χ1) is 18.5. The number of rotatable bonds is 12. The summed E-state index contributed by atoms with van der Waals surface area (Å²) in [4.78, 5) is 27.9. The Morgan fingerprint density at radius 1 is 1.15 bits per heavy atom. The predicted molar refractivity (Wildman–Crippen MR) is 140 cm³/mol. The summed E-state index contributed by atoms with van der Waals surface area (Å²) in [5.41, 5.74) is -0.269. The van der Waals surface area contributed by atoms with Crippen LogP contribution in [0.2, 0.25) is 0 Å². The van der Waals surface area contributed by atoms with Crippen LogP contribution in [0.25, 0.3) is 17.3 Å².